The molecule has 0 saturated carbocycles. The third kappa shape index (κ3) is 4.13. The summed E-state index contributed by atoms with van der Waals surface area (Å²) in [5.74, 6) is -0.670. The first kappa shape index (κ1) is 15.2. The number of carbonyl (C=O) groups excluding carboxylic acids is 1. The molecule has 2 N–H and O–H groups in total. The van der Waals surface area contributed by atoms with Crippen LogP contribution in [0, 0.1) is 0 Å². The van der Waals surface area contributed by atoms with Crippen LogP contribution in [0.4, 0.5) is 18.9 Å². The van der Waals surface area contributed by atoms with Crippen molar-refractivity contribution in [2.75, 3.05) is 5.43 Å². The Morgan fingerprint density at radius 1 is 1.05 bits per heavy atom. The molecule has 21 heavy (non-hydrogen) atoms. The van der Waals surface area contributed by atoms with Gasteiger partial charge in [0.1, 0.15) is 0 Å². The number of amides is 1. The van der Waals surface area contributed by atoms with E-state index in [4.69, 9.17) is 11.6 Å². The second-order valence-corrected chi connectivity index (χ2v) is 4.60. The van der Waals surface area contributed by atoms with Gasteiger partial charge in [-0.15, -0.1) is 0 Å². The van der Waals surface area contributed by atoms with Gasteiger partial charge in [0.15, 0.2) is 0 Å². The quantitative estimate of drug-likeness (QED) is 0.837. The van der Waals surface area contributed by atoms with Crippen LogP contribution in [0.25, 0.3) is 0 Å². The van der Waals surface area contributed by atoms with Crippen LogP contribution in [0.2, 0.25) is 5.02 Å². The fourth-order valence-electron chi connectivity index (χ4n) is 1.57. The van der Waals surface area contributed by atoms with Crippen molar-refractivity contribution >= 4 is 23.2 Å². The van der Waals surface area contributed by atoms with E-state index >= 15 is 0 Å². The summed E-state index contributed by atoms with van der Waals surface area (Å²) < 4.78 is 37.7. The lowest BCUT2D eigenvalue weighted by Gasteiger charge is -2.10. The van der Waals surface area contributed by atoms with Crippen LogP contribution < -0.4 is 10.9 Å². The van der Waals surface area contributed by atoms with E-state index < -0.39 is 17.6 Å². The van der Waals surface area contributed by atoms with Crippen LogP contribution in [-0.2, 0) is 6.18 Å². The number of anilines is 1. The van der Waals surface area contributed by atoms with Crippen LogP contribution in [0.3, 0.4) is 0 Å². The Morgan fingerprint density at radius 3 is 2.33 bits per heavy atom. The minimum Gasteiger partial charge on any atom is -0.298 e. The Morgan fingerprint density at radius 2 is 1.71 bits per heavy atom. The predicted octanol–water partition coefficient (Wildman–Crippen LogP) is 4.12. The van der Waals surface area contributed by atoms with Gasteiger partial charge >= 0.3 is 6.18 Å². The molecule has 1 amide bonds. The lowest BCUT2D eigenvalue weighted by Crippen LogP contribution is -2.29. The van der Waals surface area contributed by atoms with Gasteiger partial charge < -0.3 is 0 Å². The van der Waals surface area contributed by atoms with E-state index in [2.05, 4.69) is 10.9 Å². The summed E-state index contributed by atoms with van der Waals surface area (Å²) in [6, 6.07) is 10.6. The fourth-order valence-corrected chi connectivity index (χ4v) is 1.70. The largest absolute Gasteiger partial charge is 0.416 e. The summed E-state index contributed by atoms with van der Waals surface area (Å²) in [6.45, 7) is 0. The summed E-state index contributed by atoms with van der Waals surface area (Å²) in [5.41, 5.74) is 4.49. The van der Waals surface area contributed by atoms with Crippen molar-refractivity contribution in [2.24, 2.45) is 0 Å². The van der Waals surface area contributed by atoms with Gasteiger partial charge in [0.25, 0.3) is 5.91 Å². The third-order valence-corrected chi connectivity index (χ3v) is 2.87. The van der Waals surface area contributed by atoms with Gasteiger partial charge in [0.05, 0.1) is 11.3 Å². The number of carbonyl (C=O) groups is 1. The number of nitrogens with one attached hydrogen (secondary N) is 2. The molecule has 0 aliphatic rings. The minimum absolute atomic E-state index is 0.0914. The molecule has 0 aliphatic heterocycles. The number of halogens is 4. The normalized spacial score (nSPS) is 11.0. The molecule has 0 fully saturated rings. The van der Waals surface area contributed by atoms with Gasteiger partial charge in [-0.3, -0.25) is 15.6 Å². The molecule has 0 saturated heterocycles. The molecule has 0 atom stereocenters. The van der Waals surface area contributed by atoms with Crippen molar-refractivity contribution in [3.8, 4) is 0 Å². The number of benzene rings is 2. The number of hydrogen-bond acceptors (Lipinski definition) is 2. The van der Waals surface area contributed by atoms with Gasteiger partial charge in [-0.2, -0.15) is 13.2 Å². The summed E-state index contributed by atoms with van der Waals surface area (Å²) in [4.78, 5) is 11.8. The zero-order valence-corrected chi connectivity index (χ0v) is 11.3. The molecule has 0 radical (unpaired) electrons. The van der Waals surface area contributed by atoms with Crippen molar-refractivity contribution in [3.63, 3.8) is 0 Å². The molecule has 0 heterocycles. The standard InChI is InChI=1S/C14H10ClF3N2O/c15-11-4-6-12(7-5-11)19-20-13(21)9-2-1-3-10(8-9)14(16,17)18/h1-8,19H,(H,20,21). The Kier molecular flexibility index (Phi) is 4.37. The van der Waals surface area contributed by atoms with Gasteiger partial charge in [-0.25, -0.2) is 0 Å². The first-order valence-corrected chi connectivity index (χ1v) is 6.23. The molecule has 0 unspecified atom stereocenters. The highest BCUT2D eigenvalue weighted by Gasteiger charge is 2.30. The highest BCUT2D eigenvalue weighted by atomic mass is 35.5. The topological polar surface area (TPSA) is 41.1 Å². The predicted molar refractivity (Wildman–Crippen MR) is 74.0 cm³/mol. The monoisotopic (exact) mass is 314 g/mol. The molecule has 7 heteroatoms. The fraction of sp³-hybridized carbons (Fsp3) is 0.0714. The minimum atomic E-state index is -4.49. The highest BCUT2D eigenvalue weighted by molar-refractivity contribution is 6.30. The molecule has 0 aromatic heterocycles. The lowest BCUT2D eigenvalue weighted by atomic mass is 10.1. The Labute approximate surface area is 123 Å². The maximum absolute atomic E-state index is 12.6. The number of alkyl halides is 3. The van der Waals surface area contributed by atoms with Gasteiger partial charge in [0, 0.05) is 10.6 Å². The van der Waals surface area contributed by atoms with E-state index in [1.807, 2.05) is 0 Å². The van der Waals surface area contributed by atoms with Crippen molar-refractivity contribution in [1.29, 1.82) is 0 Å². The van der Waals surface area contributed by atoms with Gasteiger partial charge in [0.2, 0.25) is 0 Å². The van der Waals surface area contributed by atoms with Crippen molar-refractivity contribution < 1.29 is 18.0 Å². The van der Waals surface area contributed by atoms with Crippen molar-refractivity contribution in [3.05, 3.63) is 64.7 Å². The average Bonchev–Trinajstić information content (AvgIpc) is 2.45. The summed E-state index contributed by atoms with van der Waals surface area (Å²) in [6.07, 6.45) is -4.49. The molecule has 2 rings (SSSR count). The number of hydrazine groups is 1. The van der Waals surface area contributed by atoms with Crippen LogP contribution >= 0.6 is 11.6 Å². The summed E-state index contributed by atoms with van der Waals surface area (Å²) >= 11 is 5.71. The van der Waals surface area contributed by atoms with E-state index in [-0.39, 0.29) is 5.56 Å². The summed E-state index contributed by atoms with van der Waals surface area (Å²) in [5, 5.41) is 0.532. The second-order valence-electron chi connectivity index (χ2n) is 4.16. The Balaban J connectivity index is 2.05. The first-order chi connectivity index (χ1) is 9.86. The first-order valence-electron chi connectivity index (χ1n) is 5.85. The Bertz CT molecular complexity index is 641. The smallest absolute Gasteiger partial charge is 0.298 e. The van der Waals surface area contributed by atoms with E-state index in [1.165, 1.54) is 12.1 Å². The maximum Gasteiger partial charge on any atom is 0.416 e. The molecule has 110 valence electrons. The molecule has 2 aromatic rings. The van der Waals surface area contributed by atoms with Gasteiger partial charge in [-0.1, -0.05) is 17.7 Å². The molecule has 3 nitrogen and oxygen atoms in total. The van der Waals surface area contributed by atoms with Gasteiger partial charge in [-0.05, 0) is 42.5 Å². The van der Waals surface area contributed by atoms with Crippen LogP contribution in [0.1, 0.15) is 15.9 Å². The molecular weight excluding hydrogens is 305 g/mol. The molecule has 2 aromatic carbocycles. The third-order valence-electron chi connectivity index (χ3n) is 2.62. The van der Waals surface area contributed by atoms with E-state index in [0.29, 0.717) is 10.7 Å². The van der Waals surface area contributed by atoms with E-state index in [9.17, 15) is 18.0 Å². The summed E-state index contributed by atoms with van der Waals surface area (Å²) in [7, 11) is 0. The highest BCUT2D eigenvalue weighted by Crippen LogP contribution is 2.29. The average molecular weight is 315 g/mol. The maximum atomic E-state index is 12.6. The van der Waals surface area contributed by atoms with Crippen LogP contribution in [0.5, 0.6) is 0 Å². The molecule has 0 bridgehead atoms. The zero-order chi connectivity index (χ0) is 15.5. The number of rotatable bonds is 3. The van der Waals surface area contributed by atoms with Crippen molar-refractivity contribution in [1.82, 2.24) is 5.43 Å². The molecular formula is C14H10ClF3N2O. The zero-order valence-electron chi connectivity index (χ0n) is 10.5. The van der Waals surface area contributed by atoms with Crippen LogP contribution in [-0.4, -0.2) is 5.91 Å². The Hall–Kier alpha value is -2.21. The molecule has 0 spiro atoms. The SMILES string of the molecule is O=C(NNc1ccc(Cl)cc1)c1cccc(C(F)(F)F)c1. The molecule has 0 aliphatic carbocycles. The van der Waals surface area contributed by atoms with E-state index in [1.54, 1.807) is 24.3 Å². The second kappa shape index (κ2) is 6.05. The number of hydrogen-bond donors (Lipinski definition) is 2. The lowest BCUT2D eigenvalue weighted by molar-refractivity contribution is -0.137. The van der Waals surface area contributed by atoms with Crippen LogP contribution in [0.15, 0.2) is 48.5 Å². The van der Waals surface area contributed by atoms with E-state index in [0.717, 1.165) is 12.1 Å². The van der Waals surface area contributed by atoms with Crippen molar-refractivity contribution in [2.45, 2.75) is 6.18 Å².